The maximum Gasteiger partial charge on any atom is 0.164 e. The van der Waals surface area contributed by atoms with Crippen LogP contribution >= 0.6 is 0 Å². The van der Waals surface area contributed by atoms with Crippen LogP contribution in [0.25, 0.3) is 89.8 Å². The Morgan fingerprint density at radius 1 is 0.283 bits per heavy atom. The van der Waals surface area contributed by atoms with Crippen LogP contribution in [0, 0.1) is 0 Å². The van der Waals surface area contributed by atoms with Crippen LogP contribution in [0.2, 0.25) is 0 Å². The zero-order valence-corrected chi connectivity index (χ0v) is 33.4. The van der Waals surface area contributed by atoms with Crippen LogP contribution in [-0.4, -0.2) is 15.0 Å². The van der Waals surface area contributed by atoms with E-state index in [0.29, 0.717) is 17.5 Å². The molecule has 1 spiro atoms. The van der Waals surface area contributed by atoms with Crippen molar-refractivity contribution in [2.75, 3.05) is 0 Å². The van der Waals surface area contributed by atoms with Crippen molar-refractivity contribution in [1.29, 1.82) is 0 Å². The second-order valence-corrected chi connectivity index (χ2v) is 16.3. The Kier molecular flexibility index (Phi) is 9.08. The highest BCUT2D eigenvalue weighted by Crippen LogP contribution is 2.58. The number of benzene rings is 8. The van der Waals surface area contributed by atoms with Crippen molar-refractivity contribution < 1.29 is 0 Å². The van der Waals surface area contributed by atoms with E-state index in [4.69, 9.17) is 15.0 Å². The monoisotopic (exact) mass is 769 g/mol. The van der Waals surface area contributed by atoms with Gasteiger partial charge in [0.05, 0.1) is 0 Å². The molecule has 0 amide bonds. The smallest absolute Gasteiger partial charge is 0.164 e. The van der Waals surface area contributed by atoms with Crippen molar-refractivity contribution in [3.05, 3.63) is 211 Å². The molecule has 0 atom stereocenters. The summed E-state index contributed by atoms with van der Waals surface area (Å²) in [7, 11) is 0. The SMILES string of the molecule is c1ccc(-c2cccc(-c3nc(-c4ccccc4)nc(-c4cccc(-c5ccc(-c6ccc(-c7cccc8c7C7(CCCCC7)c7ccccc7-8)cc6)cc5)c4)n3)c2)cc1. The lowest BCUT2D eigenvalue weighted by Gasteiger charge is -2.37. The molecule has 1 saturated carbocycles. The van der Waals surface area contributed by atoms with Gasteiger partial charge in [0, 0.05) is 22.1 Å². The van der Waals surface area contributed by atoms with E-state index < -0.39 is 0 Å². The van der Waals surface area contributed by atoms with Crippen molar-refractivity contribution in [3.63, 3.8) is 0 Å². The Morgan fingerprint density at radius 2 is 0.683 bits per heavy atom. The Bertz CT molecular complexity index is 2980. The van der Waals surface area contributed by atoms with Gasteiger partial charge in [0.1, 0.15) is 0 Å². The van der Waals surface area contributed by atoms with Gasteiger partial charge in [0.15, 0.2) is 17.5 Å². The summed E-state index contributed by atoms with van der Waals surface area (Å²) >= 11 is 0. The molecule has 1 heterocycles. The van der Waals surface area contributed by atoms with Crippen LogP contribution in [-0.2, 0) is 5.41 Å². The third kappa shape index (κ3) is 6.44. The summed E-state index contributed by atoms with van der Waals surface area (Å²) < 4.78 is 0. The van der Waals surface area contributed by atoms with Crippen LogP contribution in [0.1, 0.15) is 43.2 Å². The molecule has 2 aliphatic carbocycles. The van der Waals surface area contributed by atoms with Crippen molar-refractivity contribution in [1.82, 2.24) is 15.0 Å². The molecule has 3 nitrogen and oxygen atoms in total. The molecule has 1 aromatic heterocycles. The fraction of sp³-hybridized carbons (Fsp3) is 0.105. The Labute approximate surface area is 352 Å². The fourth-order valence-electron chi connectivity index (χ4n) is 9.83. The van der Waals surface area contributed by atoms with Crippen LogP contribution < -0.4 is 0 Å². The van der Waals surface area contributed by atoms with E-state index in [1.807, 2.05) is 36.4 Å². The molecule has 9 aromatic rings. The maximum absolute atomic E-state index is 5.08. The van der Waals surface area contributed by atoms with Crippen LogP contribution in [0.4, 0.5) is 0 Å². The van der Waals surface area contributed by atoms with Gasteiger partial charge in [-0.05, 0) is 91.7 Å². The normalized spacial score (nSPS) is 13.8. The van der Waals surface area contributed by atoms with E-state index in [-0.39, 0.29) is 5.41 Å². The average Bonchev–Trinajstić information content (AvgIpc) is 3.60. The van der Waals surface area contributed by atoms with Gasteiger partial charge in [-0.25, -0.2) is 15.0 Å². The molecule has 0 aliphatic heterocycles. The first-order valence-corrected chi connectivity index (χ1v) is 21.2. The van der Waals surface area contributed by atoms with Crippen LogP contribution in [0.5, 0.6) is 0 Å². The Hall–Kier alpha value is -7.23. The molecule has 8 aromatic carbocycles. The molecule has 0 N–H and O–H groups in total. The van der Waals surface area contributed by atoms with Crippen LogP contribution in [0.3, 0.4) is 0 Å². The quantitative estimate of drug-likeness (QED) is 0.162. The molecule has 0 saturated heterocycles. The summed E-state index contributed by atoms with van der Waals surface area (Å²) in [6, 6.07) is 71.8. The minimum Gasteiger partial charge on any atom is -0.208 e. The third-order valence-electron chi connectivity index (χ3n) is 12.7. The van der Waals surface area contributed by atoms with Gasteiger partial charge in [0.2, 0.25) is 0 Å². The van der Waals surface area contributed by atoms with E-state index in [1.165, 1.54) is 71.0 Å². The molecule has 0 unspecified atom stereocenters. The van der Waals surface area contributed by atoms with Gasteiger partial charge < -0.3 is 0 Å². The molecule has 0 radical (unpaired) electrons. The minimum atomic E-state index is 0.122. The van der Waals surface area contributed by atoms with Gasteiger partial charge in [0.25, 0.3) is 0 Å². The van der Waals surface area contributed by atoms with Gasteiger partial charge in [-0.1, -0.05) is 207 Å². The van der Waals surface area contributed by atoms with E-state index in [0.717, 1.165) is 38.9 Å². The van der Waals surface area contributed by atoms with Gasteiger partial charge in [-0.2, -0.15) is 0 Å². The molecular weight excluding hydrogens is 727 g/mol. The number of hydrogen-bond acceptors (Lipinski definition) is 3. The Morgan fingerprint density at radius 3 is 1.28 bits per heavy atom. The second kappa shape index (κ2) is 15.2. The van der Waals surface area contributed by atoms with Gasteiger partial charge in [-0.15, -0.1) is 0 Å². The number of nitrogens with zero attached hydrogens (tertiary/aromatic N) is 3. The van der Waals surface area contributed by atoms with Crippen molar-refractivity contribution in [2.24, 2.45) is 0 Å². The number of hydrogen-bond donors (Lipinski definition) is 0. The number of fused-ring (bicyclic) bond motifs is 5. The predicted octanol–water partition coefficient (Wildman–Crippen LogP) is 14.8. The van der Waals surface area contributed by atoms with Crippen LogP contribution in [0.15, 0.2) is 200 Å². The van der Waals surface area contributed by atoms with Crippen molar-refractivity contribution >= 4 is 0 Å². The zero-order valence-electron chi connectivity index (χ0n) is 33.4. The summed E-state index contributed by atoms with van der Waals surface area (Å²) in [5.41, 5.74) is 18.5. The predicted molar refractivity (Wildman–Crippen MR) is 247 cm³/mol. The van der Waals surface area contributed by atoms with Gasteiger partial charge in [-0.3, -0.25) is 0 Å². The molecule has 1 fully saturated rings. The summed E-state index contributed by atoms with van der Waals surface area (Å²) in [6.45, 7) is 0. The van der Waals surface area contributed by atoms with E-state index >= 15 is 0 Å². The Balaban J connectivity index is 0.895. The molecule has 3 heteroatoms. The first-order chi connectivity index (χ1) is 29.7. The molecule has 2 aliphatic rings. The number of aromatic nitrogens is 3. The zero-order chi connectivity index (χ0) is 39.9. The highest BCUT2D eigenvalue weighted by Gasteiger charge is 2.45. The fourth-order valence-corrected chi connectivity index (χ4v) is 9.83. The van der Waals surface area contributed by atoms with Crippen molar-refractivity contribution in [3.8, 4) is 89.8 Å². The molecule has 286 valence electrons. The highest BCUT2D eigenvalue weighted by molar-refractivity contribution is 5.89. The third-order valence-corrected chi connectivity index (χ3v) is 12.7. The standard InChI is InChI=1S/C57H43N3/c1-4-15-39(16-5-1)45-19-12-21-47(37-45)55-58-54(44-17-6-2-7-18-44)59-56(60-55)48-22-13-20-46(38-48)42-29-27-40(28-30-42)41-31-33-43(34-32-41)49-24-14-25-51-50-23-8-9-26-52(50)57(53(49)51)35-10-3-11-36-57/h1-2,4-9,12-34,37-38H,3,10-11,35-36H2. The average molecular weight is 770 g/mol. The molecule has 0 bridgehead atoms. The summed E-state index contributed by atoms with van der Waals surface area (Å²) in [6.07, 6.45) is 6.38. The first-order valence-electron chi connectivity index (χ1n) is 21.2. The summed E-state index contributed by atoms with van der Waals surface area (Å²) in [5, 5.41) is 0. The second-order valence-electron chi connectivity index (χ2n) is 16.3. The lowest BCUT2D eigenvalue weighted by molar-refractivity contribution is 0.353. The molecular formula is C57H43N3. The van der Waals surface area contributed by atoms with E-state index in [9.17, 15) is 0 Å². The summed E-state index contributed by atoms with van der Waals surface area (Å²) in [4.78, 5) is 15.1. The van der Waals surface area contributed by atoms with E-state index in [2.05, 4.69) is 164 Å². The maximum atomic E-state index is 5.08. The lowest BCUT2D eigenvalue weighted by atomic mass is 9.66. The summed E-state index contributed by atoms with van der Waals surface area (Å²) in [5.74, 6) is 1.94. The van der Waals surface area contributed by atoms with Gasteiger partial charge >= 0.3 is 0 Å². The largest absolute Gasteiger partial charge is 0.208 e. The lowest BCUT2D eigenvalue weighted by Crippen LogP contribution is -2.28. The molecule has 11 rings (SSSR count). The van der Waals surface area contributed by atoms with Crippen molar-refractivity contribution in [2.45, 2.75) is 37.5 Å². The highest BCUT2D eigenvalue weighted by atomic mass is 15.0. The van der Waals surface area contributed by atoms with E-state index in [1.54, 1.807) is 5.56 Å². The minimum absolute atomic E-state index is 0.122. The first kappa shape index (κ1) is 35.9. The molecule has 60 heavy (non-hydrogen) atoms. The topological polar surface area (TPSA) is 38.7 Å². The number of rotatable bonds is 7.